The molecule has 0 bridgehead atoms. The molecule has 0 saturated carbocycles. The summed E-state index contributed by atoms with van der Waals surface area (Å²) < 4.78 is 32.4. The van der Waals surface area contributed by atoms with E-state index >= 15 is 0 Å². The molecule has 2 rings (SSSR count). The molecule has 17 heavy (non-hydrogen) atoms. The number of hydrogen-bond donors (Lipinski definition) is 1. The Morgan fingerprint density at radius 1 is 1.65 bits per heavy atom. The standard InChI is InChI=1S/C9H13ClN2O3S2/c1-9(3-2-4-15-6-9)12-17(13,14)7-5-11-8(10)16-7/h5,12H,2-4,6H2,1H3. The first-order chi connectivity index (χ1) is 7.91. The Morgan fingerprint density at radius 3 is 2.94 bits per heavy atom. The topological polar surface area (TPSA) is 68.3 Å². The fourth-order valence-corrected chi connectivity index (χ4v) is 4.47. The summed E-state index contributed by atoms with van der Waals surface area (Å²) in [7, 11) is -3.56. The van der Waals surface area contributed by atoms with Crippen LogP contribution in [0.5, 0.6) is 0 Å². The monoisotopic (exact) mass is 296 g/mol. The quantitative estimate of drug-likeness (QED) is 0.921. The molecule has 8 heteroatoms. The number of ether oxygens (including phenoxy) is 1. The number of thiazole rings is 1. The Labute approximate surface area is 109 Å². The Balaban J connectivity index is 2.17. The molecule has 1 fully saturated rings. The number of nitrogens with zero attached hydrogens (tertiary/aromatic N) is 1. The van der Waals surface area contributed by atoms with E-state index in [0.29, 0.717) is 13.2 Å². The fourth-order valence-electron chi connectivity index (χ4n) is 1.75. The summed E-state index contributed by atoms with van der Waals surface area (Å²) in [6.45, 7) is 2.91. The average Bonchev–Trinajstić information content (AvgIpc) is 2.65. The van der Waals surface area contributed by atoms with E-state index < -0.39 is 15.6 Å². The molecular formula is C9H13ClN2O3S2. The minimum atomic E-state index is -3.56. The molecule has 0 aliphatic carbocycles. The second-order valence-electron chi connectivity index (χ2n) is 4.25. The second-order valence-corrected chi connectivity index (χ2v) is 7.78. The van der Waals surface area contributed by atoms with Crippen LogP contribution in [0.3, 0.4) is 0 Å². The Bertz CT molecular complexity index is 494. The highest BCUT2D eigenvalue weighted by Crippen LogP contribution is 2.26. The lowest BCUT2D eigenvalue weighted by atomic mass is 9.97. The number of rotatable bonds is 3. The second kappa shape index (κ2) is 4.81. The molecule has 2 heterocycles. The van der Waals surface area contributed by atoms with Crippen LogP contribution in [-0.4, -0.2) is 32.2 Å². The molecule has 1 saturated heterocycles. The van der Waals surface area contributed by atoms with Crippen molar-refractivity contribution >= 4 is 33.0 Å². The van der Waals surface area contributed by atoms with Gasteiger partial charge in [-0.1, -0.05) is 22.9 Å². The van der Waals surface area contributed by atoms with Crippen LogP contribution in [0, 0.1) is 0 Å². The van der Waals surface area contributed by atoms with E-state index in [2.05, 4.69) is 9.71 Å². The lowest BCUT2D eigenvalue weighted by Gasteiger charge is -2.33. The summed E-state index contributed by atoms with van der Waals surface area (Å²) in [5.74, 6) is 0. The first-order valence-corrected chi connectivity index (χ1v) is 7.82. The van der Waals surface area contributed by atoms with Crippen LogP contribution >= 0.6 is 22.9 Å². The third kappa shape index (κ3) is 3.17. The van der Waals surface area contributed by atoms with Gasteiger partial charge in [-0.25, -0.2) is 18.1 Å². The first-order valence-electron chi connectivity index (χ1n) is 5.14. The predicted molar refractivity (Wildman–Crippen MR) is 65.9 cm³/mol. The molecule has 0 spiro atoms. The van der Waals surface area contributed by atoms with Gasteiger partial charge in [-0.2, -0.15) is 0 Å². The zero-order valence-corrected chi connectivity index (χ0v) is 11.7. The largest absolute Gasteiger partial charge is 0.380 e. The molecule has 1 N–H and O–H groups in total. The van der Waals surface area contributed by atoms with Gasteiger partial charge in [0.1, 0.15) is 0 Å². The Hall–Kier alpha value is -0.210. The summed E-state index contributed by atoms with van der Waals surface area (Å²) in [5, 5.41) is 0. The van der Waals surface area contributed by atoms with Gasteiger partial charge in [0, 0.05) is 6.61 Å². The van der Waals surface area contributed by atoms with Crippen molar-refractivity contribution in [1.29, 1.82) is 0 Å². The molecule has 1 atom stereocenters. The third-order valence-corrected chi connectivity index (χ3v) is 5.75. The van der Waals surface area contributed by atoms with Crippen molar-refractivity contribution in [3.8, 4) is 0 Å². The first kappa shape index (κ1) is 13.2. The van der Waals surface area contributed by atoms with Crippen LogP contribution in [0.1, 0.15) is 19.8 Å². The molecule has 1 unspecified atom stereocenters. The van der Waals surface area contributed by atoms with Gasteiger partial charge in [-0.15, -0.1) is 0 Å². The predicted octanol–water partition coefficient (Wildman–Crippen LogP) is 1.64. The molecule has 1 aliphatic rings. The zero-order chi connectivity index (χ0) is 12.5. The van der Waals surface area contributed by atoms with Gasteiger partial charge in [-0.3, -0.25) is 0 Å². The van der Waals surface area contributed by atoms with Crippen LogP contribution in [0.2, 0.25) is 4.47 Å². The van der Waals surface area contributed by atoms with Gasteiger partial charge >= 0.3 is 0 Å². The van der Waals surface area contributed by atoms with Crippen LogP contribution in [0.25, 0.3) is 0 Å². The summed E-state index contributed by atoms with van der Waals surface area (Å²) in [6, 6.07) is 0. The van der Waals surface area contributed by atoms with Crippen LogP contribution in [0.15, 0.2) is 10.4 Å². The van der Waals surface area contributed by atoms with Crippen molar-refractivity contribution in [2.45, 2.75) is 29.5 Å². The molecule has 1 aromatic heterocycles. The van der Waals surface area contributed by atoms with Gasteiger partial charge < -0.3 is 4.74 Å². The molecule has 0 aromatic carbocycles. The minimum Gasteiger partial charge on any atom is -0.380 e. The maximum absolute atomic E-state index is 12.1. The maximum Gasteiger partial charge on any atom is 0.252 e. The van der Waals surface area contributed by atoms with Crippen molar-refractivity contribution < 1.29 is 13.2 Å². The SMILES string of the molecule is CC1(NS(=O)(=O)c2cnc(Cl)s2)CCCOC1. The van der Waals surface area contributed by atoms with Crippen molar-refractivity contribution in [1.82, 2.24) is 9.71 Å². The molecule has 1 aromatic rings. The average molecular weight is 297 g/mol. The molecule has 0 amide bonds. The van der Waals surface area contributed by atoms with Crippen molar-refractivity contribution in [3.63, 3.8) is 0 Å². The van der Waals surface area contributed by atoms with Crippen molar-refractivity contribution in [2.24, 2.45) is 0 Å². The Kier molecular flexibility index (Phi) is 3.74. The molecule has 5 nitrogen and oxygen atoms in total. The summed E-state index contributed by atoms with van der Waals surface area (Å²) in [6.07, 6.45) is 2.88. The summed E-state index contributed by atoms with van der Waals surface area (Å²) >= 11 is 6.58. The molecular weight excluding hydrogens is 284 g/mol. The summed E-state index contributed by atoms with van der Waals surface area (Å²) in [4.78, 5) is 3.73. The van der Waals surface area contributed by atoms with E-state index in [1.165, 1.54) is 6.20 Å². The number of nitrogens with one attached hydrogen (secondary N) is 1. The van der Waals surface area contributed by atoms with Gasteiger partial charge in [-0.05, 0) is 19.8 Å². The number of sulfonamides is 1. The third-order valence-electron chi connectivity index (χ3n) is 2.54. The van der Waals surface area contributed by atoms with Gasteiger partial charge in [0.2, 0.25) is 0 Å². The maximum atomic E-state index is 12.1. The van der Waals surface area contributed by atoms with Crippen molar-refractivity contribution in [2.75, 3.05) is 13.2 Å². The number of hydrogen-bond acceptors (Lipinski definition) is 5. The van der Waals surface area contributed by atoms with E-state index in [4.69, 9.17) is 16.3 Å². The van der Waals surface area contributed by atoms with Crippen molar-refractivity contribution in [3.05, 3.63) is 10.7 Å². The smallest absolute Gasteiger partial charge is 0.252 e. The fraction of sp³-hybridized carbons (Fsp3) is 0.667. The van der Waals surface area contributed by atoms with E-state index in [9.17, 15) is 8.42 Å². The lowest BCUT2D eigenvalue weighted by Crippen LogP contribution is -2.51. The minimum absolute atomic E-state index is 0.134. The molecule has 1 aliphatic heterocycles. The molecule has 0 radical (unpaired) electrons. The lowest BCUT2D eigenvalue weighted by molar-refractivity contribution is 0.0387. The van der Waals surface area contributed by atoms with E-state index in [1.54, 1.807) is 0 Å². The van der Waals surface area contributed by atoms with Gasteiger partial charge in [0.25, 0.3) is 10.0 Å². The summed E-state index contributed by atoms with van der Waals surface area (Å²) in [5.41, 5.74) is -0.548. The highest BCUT2D eigenvalue weighted by molar-refractivity contribution is 7.91. The Morgan fingerprint density at radius 2 is 2.41 bits per heavy atom. The van der Waals surface area contributed by atoms with Crippen LogP contribution in [-0.2, 0) is 14.8 Å². The van der Waals surface area contributed by atoms with Crippen LogP contribution < -0.4 is 4.72 Å². The van der Waals surface area contributed by atoms with Gasteiger partial charge in [0.05, 0.1) is 18.3 Å². The van der Waals surface area contributed by atoms with Gasteiger partial charge in [0.15, 0.2) is 8.68 Å². The number of aromatic nitrogens is 1. The van der Waals surface area contributed by atoms with E-state index in [1.807, 2.05) is 6.92 Å². The molecule has 96 valence electrons. The van der Waals surface area contributed by atoms with E-state index in [-0.39, 0.29) is 8.68 Å². The highest BCUT2D eigenvalue weighted by atomic mass is 35.5. The van der Waals surface area contributed by atoms with E-state index in [0.717, 1.165) is 24.2 Å². The van der Waals surface area contributed by atoms with Crippen LogP contribution in [0.4, 0.5) is 0 Å². The zero-order valence-electron chi connectivity index (χ0n) is 9.27. The normalized spacial score (nSPS) is 26.0. The highest BCUT2D eigenvalue weighted by Gasteiger charge is 2.33. The number of halogens is 1.